The fraction of sp³-hybridized carbons (Fsp3) is 0.250. The summed E-state index contributed by atoms with van der Waals surface area (Å²) in [6.45, 7) is 3.75. The largest absolute Gasteiger partial charge is 0.487 e. The molecule has 9 nitrogen and oxygen atoms in total. The highest BCUT2D eigenvalue weighted by Crippen LogP contribution is 2.34. The van der Waals surface area contributed by atoms with Crippen LogP contribution in [0.15, 0.2) is 59.1 Å². The van der Waals surface area contributed by atoms with E-state index in [-0.39, 0.29) is 19.0 Å². The van der Waals surface area contributed by atoms with Crippen LogP contribution in [0.25, 0.3) is 22.5 Å². The minimum atomic E-state index is -1.12. The van der Waals surface area contributed by atoms with Crippen LogP contribution in [0.2, 0.25) is 5.02 Å². The monoisotopic (exact) mass is 537 g/mol. The Kier molecular flexibility index (Phi) is 8.75. The summed E-state index contributed by atoms with van der Waals surface area (Å²) in [5, 5.41) is 34.6. The molecule has 0 unspecified atom stereocenters. The molecular weight excluding hydrogens is 510 g/mol. The van der Waals surface area contributed by atoms with Gasteiger partial charge < -0.3 is 24.6 Å². The number of halogens is 1. The average molecular weight is 538 g/mol. The van der Waals surface area contributed by atoms with Gasteiger partial charge in [0.1, 0.15) is 25.0 Å². The molecule has 0 bridgehead atoms. The predicted octanol–water partition coefficient (Wildman–Crippen LogP) is 4.28. The van der Waals surface area contributed by atoms with Crippen molar-refractivity contribution in [1.29, 1.82) is 0 Å². The van der Waals surface area contributed by atoms with Crippen molar-refractivity contribution in [2.24, 2.45) is 0 Å². The number of rotatable bonds is 11. The fourth-order valence-corrected chi connectivity index (χ4v) is 4.39. The maximum atomic E-state index is 11.1. The summed E-state index contributed by atoms with van der Waals surface area (Å²) < 4.78 is 11.1. The Morgan fingerprint density at radius 3 is 2.42 bits per heavy atom. The maximum absolute atomic E-state index is 11.1. The lowest BCUT2D eigenvalue weighted by atomic mass is 9.91. The molecule has 0 spiro atoms. The van der Waals surface area contributed by atoms with E-state index >= 15 is 0 Å². The van der Waals surface area contributed by atoms with E-state index in [0.717, 1.165) is 38.9 Å². The minimum absolute atomic E-state index is 0.165. The summed E-state index contributed by atoms with van der Waals surface area (Å²) in [6, 6.07) is 16.1. The molecule has 198 valence electrons. The van der Waals surface area contributed by atoms with Crippen LogP contribution in [0.4, 0.5) is 0 Å². The van der Waals surface area contributed by atoms with Crippen molar-refractivity contribution in [3.8, 4) is 28.3 Å². The van der Waals surface area contributed by atoms with Gasteiger partial charge in [-0.25, -0.2) is 0 Å². The van der Waals surface area contributed by atoms with Gasteiger partial charge in [0, 0.05) is 12.1 Å². The number of nitrogens with zero attached hydrogens (tertiary/aromatic N) is 2. The van der Waals surface area contributed by atoms with E-state index in [4.69, 9.17) is 31.1 Å². The van der Waals surface area contributed by atoms with Gasteiger partial charge in [-0.3, -0.25) is 10.1 Å². The first-order valence-corrected chi connectivity index (χ1v) is 12.3. The number of hydrogen-bond acceptors (Lipinski definition) is 8. The van der Waals surface area contributed by atoms with Crippen molar-refractivity contribution in [2.75, 3.05) is 6.61 Å². The lowest BCUT2D eigenvalue weighted by Crippen LogP contribution is -2.39. The number of aliphatic hydroxyl groups excluding tert-OH is 2. The lowest BCUT2D eigenvalue weighted by Gasteiger charge is -2.16. The third kappa shape index (κ3) is 6.03. The predicted molar refractivity (Wildman–Crippen MR) is 142 cm³/mol. The van der Waals surface area contributed by atoms with E-state index in [2.05, 4.69) is 15.5 Å². The molecule has 1 heterocycles. The highest BCUT2D eigenvalue weighted by molar-refractivity contribution is 6.32. The standard InChI is InChI=1S/C28H28ClN3O6/c1-16-19(15-37-25-10-9-18(11-23(25)29)12-30-24(13-33)28(35)36)5-3-6-20(16)21-7-4-8-22(17(21)2)27-31-26(14-34)38-32-27/h3-11,24,30,33-34H,12-15H2,1-2H3,(H,35,36)/t24-/m1/s1. The van der Waals surface area contributed by atoms with Gasteiger partial charge >= 0.3 is 5.97 Å². The van der Waals surface area contributed by atoms with Crippen LogP contribution < -0.4 is 10.1 Å². The molecule has 1 atom stereocenters. The van der Waals surface area contributed by atoms with Gasteiger partial charge in [0.25, 0.3) is 5.89 Å². The number of carboxylic acids is 1. The van der Waals surface area contributed by atoms with Crippen molar-refractivity contribution in [3.63, 3.8) is 0 Å². The molecule has 0 saturated heterocycles. The van der Waals surface area contributed by atoms with E-state index in [0.29, 0.717) is 23.2 Å². The number of nitrogens with one attached hydrogen (secondary N) is 1. The Labute approximate surface area is 224 Å². The highest BCUT2D eigenvalue weighted by Gasteiger charge is 2.17. The van der Waals surface area contributed by atoms with Gasteiger partial charge in [-0.05, 0) is 59.4 Å². The van der Waals surface area contributed by atoms with Gasteiger partial charge in [-0.2, -0.15) is 4.98 Å². The summed E-state index contributed by atoms with van der Waals surface area (Å²) in [7, 11) is 0. The van der Waals surface area contributed by atoms with Crippen molar-refractivity contribution in [3.05, 3.63) is 87.8 Å². The van der Waals surface area contributed by atoms with E-state index in [1.54, 1.807) is 18.2 Å². The second-order valence-corrected chi connectivity index (χ2v) is 9.15. The van der Waals surface area contributed by atoms with E-state index in [1.807, 2.05) is 50.2 Å². The van der Waals surface area contributed by atoms with E-state index in [9.17, 15) is 9.90 Å². The molecule has 1 aromatic heterocycles. The van der Waals surface area contributed by atoms with Crippen molar-refractivity contribution in [1.82, 2.24) is 15.5 Å². The summed E-state index contributed by atoms with van der Waals surface area (Å²) in [5.41, 5.74) is 6.68. The van der Waals surface area contributed by atoms with Crippen molar-refractivity contribution in [2.45, 2.75) is 39.6 Å². The number of hydrogen-bond donors (Lipinski definition) is 4. The molecule has 10 heteroatoms. The zero-order valence-electron chi connectivity index (χ0n) is 20.9. The maximum Gasteiger partial charge on any atom is 0.323 e. The molecule has 0 aliphatic carbocycles. The van der Waals surface area contributed by atoms with Crippen LogP contribution in [0.1, 0.15) is 28.1 Å². The number of aromatic nitrogens is 2. The van der Waals surface area contributed by atoms with Crippen LogP contribution in [0, 0.1) is 13.8 Å². The van der Waals surface area contributed by atoms with Gasteiger partial charge in [0.15, 0.2) is 0 Å². The normalized spacial score (nSPS) is 11.9. The van der Waals surface area contributed by atoms with Crippen LogP contribution in [0.5, 0.6) is 5.75 Å². The second-order valence-electron chi connectivity index (χ2n) is 8.75. The Morgan fingerprint density at radius 1 is 1.05 bits per heavy atom. The van der Waals surface area contributed by atoms with Crippen LogP contribution in [0.3, 0.4) is 0 Å². The third-order valence-corrected chi connectivity index (χ3v) is 6.62. The van der Waals surface area contributed by atoms with E-state index < -0.39 is 18.6 Å². The zero-order chi connectivity index (χ0) is 27.2. The molecule has 0 aliphatic rings. The summed E-state index contributed by atoms with van der Waals surface area (Å²) in [6.07, 6.45) is 0. The molecular formula is C28H28ClN3O6. The molecule has 0 amide bonds. The van der Waals surface area contributed by atoms with Gasteiger partial charge in [-0.15, -0.1) is 0 Å². The first-order valence-electron chi connectivity index (χ1n) is 11.9. The Hall–Kier alpha value is -3.76. The molecule has 4 aromatic rings. The quantitative estimate of drug-likeness (QED) is 0.221. The summed E-state index contributed by atoms with van der Waals surface area (Å²) in [5.74, 6) is -0.0257. The van der Waals surface area contributed by atoms with Gasteiger partial charge in [0.05, 0.1) is 11.6 Å². The molecule has 38 heavy (non-hydrogen) atoms. The molecule has 3 aromatic carbocycles. The summed E-state index contributed by atoms with van der Waals surface area (Å²) >= 11 is 6.43. The Bertz CT molecular complexity index is 1440. The lowest BCUT2D eigenvalue weighted by molar-refractivity contribution is -0.140. The number of benzene rings is 3. The number of aliphatic hydroxyl groups is 2. The van der Waals surface area contributed by atoms with Crippen LogP contribution in [-0.4, -0.2) is 44.1 Å². The molecule has 0 saturated carbocycles. The molecule has 0 radical (unpaired) electrons. The van der Waals surface area contributed by atoms with Crippen LogP contribution >= 0.6 is 11.6 Å². The molecule has 0 fully saturated rings. The zero-order valence-corrected chi connectivity index (χ0v) is 21.7. The fourth-order valence-electron chi connectivity index (χ4n) is 4.13. The van der Waals surface area contributed by atoms with E-state index in [1.165, 1.54) is 0 Å². The highest BCUT2D eigenvalue weighted by atomic mass is 35.5. The minimum Gasteiger partial charge on any atom is -0.487 e. The van der Waals surface area contributed by atoms with Gasteiger partial charge in [-0.1, -0.05) is 59.2 Å². The second kappa shape index (κ2) is 12.2. The average Bonchev–Trinajstić information content (AvgIpc) is 3.38. The molecule has 4 N–H and O–H groups in total. The number of aliphatic carboxylic acids is 1. The van der Waals surface area contributed by atoms with Crippen molar-refractivity contribution >= 4 is 17.6 Å². The van der Waals surface area contributed by atoms with Crippen LogP contribution in [-0.2, 0) is 24.6 Å². The number of carbonyl (C=O) groups is 1. The topological polar surface area (TPSA) is 138 Å². The Balaban J connectivity index is 1.51. The first kappa shape index (κ1) is 27.3. The third-order valence-electron chi connectivity index (χ3n) is 6.33. The first-order chi connectivity index (χ1) is 18.3. The van der Waals surface area contributed by atoms with Gasteiger partial charge in [0.2, 0.25) is 5.82 Å². The Morgan fingerprint density at radius 2 is 1.76 bits per heavy atom. The van der Waals surface area contributed by atoms with Crippen molar-refractivity contribution < 1.29 is 29.4 Å². The molecule has 0 aliphatic heterocycles. The number of ether oxygens (including phenoxy) is 1. The SMILES string of the molecule is Cc1c(COc2ccc(CN[C@H](CO)C(=O)O)cc2Cl)cccc1-c1cccc(-c2noc(CO)n2)c1C. The number of carboxylic acid groups (broad SMARTS) is 1. The molecule has 4 rings (SSSR count). The smallest absolute Gasteiger partial charge is 0.323 e. The summed E-state index contributed by atoms with van der Waals surface area (Å²) in [4.78, 5) is 15.3.